The molecule has 8 aromatic carbocycles. The number of aromatic nitrogens is 2. The fraction of sp³-hybridized carbons (Fsp3) is 0.0588. The van der Waals surface area contributed by atoms with E-state index in [0.29, 0.717) is 0 Å². The zero-order valence-electron chi connectivity index (χ0n) is 29.7. The van der Waals surface area contributed by atoms with Gasteiger partial charge in [0.25, 0.3) is 0 Å². The molecular weight excluding hydrogens is 641 g/mol. The lowest BCUT2D eigenvalue weighted by Crippen LogP contribution is -2.15. The number of fused-ring (bicyclic) bond motifs is 9. The highest BCUT2D eigenvalue weighted by atomic mass is 15.0. The summed E-state index contributed by atoms with van der Waals surface area (Å²) in [5.74, 6) is 0. The van der Waals surface area contributed by atoms with Crippen molar-refractivity contribution in [1.82, 2.24) is 9.13 Å². The molecule has 0 bridgehead atoms. The summed E-state index contributed by atoms with van der Waals surface area (Å²) >= 11 is 0. The molecule has 0 fully saturated rings. The van der Waals surface area contributed by atoms with Gasteiger partial charge in [-0.1, -0.05) is 141 Å². The minimum atomic E-state index is -0.154. The summed E-state index contributed by atoms with van der Waals surface area (Å²) in [6.45, 7) is 4.77. The third kappa shape index (κ3) is 4.33. The van der Waals surface area contributed by atoms with E-state index in [0.717, 1.165) is 0 Å². The number of rotatable bonds is 4. The van der Waals surface area contributed by atoms with Crippen LogP contribution in [0.2, 0.25) is 0 Å². The standard InChI is InChI=1S/C51H36N2/c1-51(2)44-19-12-18-38(34-23-26-36(27-24-34)52-46-20-9-6-15-39(46)40-16-7-10-21-47(40)52)50(44)42-29-28-37(32-45(42)51)53-48-22-11-8-17-41(48)43-31-35(25-30-49(43)53)33-13-4-3-5-14-33/h3-32H,1-2H3. The van der Waals surface area contributed by atoms with Gasteiger partial charge in [0.2, 0.25) is 0 Å². The summed E-state index contributed by atoms with van der Waals surface area (Å²) in [5, 5.41) is 5.11. The minimum Gasteiger partial charge on any atom is -0.309 e. The van der Waals surface area contributed by atoms with Crippen molar-refractivity contribution in [3.63, 3.8) is 0 Å². The van der Waals surface area contributed by atoms with E-state index in [2.05, 4.69) is 205 Å². The third-order valence-corrected chi connectivity index (χ3v) is 11.7. The van der Waals surface area contributed by atoms with Crippen molar-refractivity contribution in [3.8, 4) is 44.8 Å². The normalized spacial score (nSPS) is 13.2. The molecule has 0 atom stereocenters. The predicted octanol–water partition coefficient (Wildman–Crippen LogP) is 13.5. The van der Waals surface area contributed by atoms with Crippen LogP contribution in [0.15, 0.2) is 182 Å². The second-order valence-electron chi connectivity index (χ2n) is 15.0. The molecule has 250 valence electrons. The average Bonchev–Trinajstić information content (AvgIpc) is 3.81. The van der Waals surface area contributed by atoms with Crippen LogP contribution in [0, 0.1) is 0 Å². The molecule has 0 radical (unpaired) electrons. The van der Waals surface area contributed by atoms with E-state index in [4.69, 9.17) is 0 Å². The smallest absolute Gasteiger partial charge is 0.0541 e. The van der Waals surface area contributed by atoms with Crippen molar-refractivity contribution < 1.29 is 0 Å². The highest BCUT2D eigenvalue weighted by molar-refractivity contribution is 6.11. The molecule has 11 rings (SSSR count). The Morgan fingerprint density at radius 1 is 0.340 bits per heavy atom. The number of nitrogens with zero attached hydrogens (tertiary/aromatic N) is 2. The zero-order valence-corrected chi connectivity index (χ0v) is 29.7. The van der Waals surface area contributed by atoms with Crippen molar-refractivity contribution >= 4 is 43.6 Å². The van der Waals surface area contributed by atoms with Gasteiger partial charge in [0.05, 0.1) is 22.1 Å². The van der Waals surface area contributed by atoms with E-state index in [-0.39, 0.29) is 5.41 Å². The molecule has 0 aliphatic heterocycles. The van der Waals surface area contributed by atoms with Gasteiger partial charge >= 0.3 is 0 Å². The van der Waals surface area contributed by atoms with Gasteiger partial charge in [0.1, 0.15) is 0 Å². The average molecular weight is 677 g/mol. The molecule has 10 aromatic rings. The highest BCUT2D eigenvalue weighted by Gasteiger charge is 2.37. The van der Waals surface area contributed by atoms with E-state index in [1.165, 1.54) is 99.5 Å². The van der Waals surface area contributed by atoms with E-state index < -0.39 is 0 Å². The molecule has 1 aliphatic rings. The quantitative estimate of drug-likeness (QED) is 0.176. The van der Waals surface area contributed by atoms with Gasteiger partial charge in [-0.2, -0.15) is 0 Å². The molecule has 0 N–H and O–H groups in total. The lowest BCUT2D eigenvalue weighted by atomic mass is 9.82. The minimum absolute atomic E-state index is 0.154. The molecule has 2 heterocycles. The van der Waals surface area contributed by atoms with E-state index in [9.17, 15) is 0 Å². The van der Waals surface area contributed by atoms with Crippen LogP contribution in [-0.4, -0.2) is 9.13 Å². The molecule has 0 unspecified atom stereocenters. The zero-order chi connectivity index (χ0) is 35.3. The lowest BCUT2D eigenvalue weighted by Gasteiger charge is -2.22. The molecule has 1 aliphatic carbocycles. The Morgan fingerprint density at radius 2 is 0.887 bits per heavy atom. The third-order valence-electron chi connectivity index (χ3n) is 11.7. The SMILES string of the molecule is CC1(C)c2cc(-n3c4ccccc4c4cc(-c5ccccc5)ccc43)ccc2-c2c(-c3ccc(-n4c5ccccc5c5ccccc54)cc3)cccc21. The topological polar surface area (TPSA) is 9.86 Å². The van der Waals surface area contributed by atoms with E-state index in [1.54, 1.807) is 0 Å². The maximum absolute atomic E-state index is 2.45. The Kier molecular flexibility index (Phi) is 6.33. The Labute approximate surface area is 308 Å². The molecule has 2 heteroatoms. The van der Waals surface area contributed by atoms with Gasteiger partial charge in [0, 0.05) is 38.3 Å². The van der Waals surface area contributed by atoms with Crippen LogP contribution in [0.4, 0.5) is 0 Å². The largest absolute Gasteiger partial charge is 0.309 e. The lowest BCUT2D eigenvalue weighted by molar-refractivity contribution is 0.660. The molecule has 2 aromatic heterocycles. The van der Waals surface area contributed by atoms with Gasteiger partial charge in [-0.25, -0.2) is 0 Å². The van der Waals surface area contributed by atoms with Crippen LogP contribution in [-0.2, 0) is 5.41 Å². The van der Waals surface area contributed by atoms with Gasteiger partial charge in [0.15, 0.2) is 0 Å². The molecule has 0 saturated carbocycles. The van der Waals surface area contributed by atoms with Crippen LogP contribution in [0.3, 0.4) is 0 Å². The van der Waals surface area contributed by atoms with Crippen molar-refractivity contribution in [2.45, 2.75) is 19.3 Å². The Bertz CT molecular complexity index is 3010. The van der Waals surface area contributed by atoms with Gasteiger partial charge < -0.3 is 9.13 Å². The summed E-state index contributed by atoms with van der Waals surface area (Å²) in [6, 6.07) is 67.0. The first-order chi connectivity index (χ1) is 26.1. The van der Waals surface area contributed by atoms with Gasteiger partial charge in [-0.3, -0.25) is 0 Å². The molecule has 0 amide bonds. The van der Waals surface area contributed by atoms with Crippen LogP contribution in [0.1, 0.15) is 25.0 Å². The summed E-state index contributed by atoms with van der Waals surface area (Å²) in [6.07, 6.45) is 0. The van der Waals surface area contributed by atoms with Crippen molar-refractivity contribution in [3.05, 3.63) is 193 Å². The number of para-hydroxylation sites is 3. The van der Waals surface area contributed by atoms with Crippen LogP contribution < -0.4 is 0 Å². The number of benzene rings is 8. The predicted molar refractivity (Wildman–Crippen MR) is 224 cm³/mol. The summed E-state index contributed by atoms with van der Waals surface area (Å²) in [7, 11) is 0. The first-order valence-corrected chi connectivity index (χ1v) is 18.5. The van der Waals surface area contributed by atoms with Crippen molar-refractivity contribution in [2.75, 3.05) is 0 Å². The van der Waals surface area contributed by atoms with Gasteiger partial charge in [-0.15, -0.1) is 0 Å². The summed E-state index contributed by atoms with van der Waals surface area (Å²) in [5.41, 5.74) is 17.5. The second kappa shape index (κ2) is 11.2. The molecule has 0 spiro atoms. The van der Waals surface area contributed by atoms with Crippen LogP contribution in [0.5, 0.6) is 0 Å². The summed E-state index contributed by atoms with van der Waals surface area (Å²) < 4.78 is 4.84. The maximum atomic E-state index is 2.45. The first kappa shape index (κ1) is 30.0. The van der Waals surface area contributed by atoms with Crippen LogP contribution >= 0.6 is 0 Å². The maximum Gasteiger partial charge on any atom is 0.0541 e. The van der Waals surface area contributed by atoms with E-state index >= 15 is 0 Å². The molecule has 2 nitrogen and oxygen atoms in total. The Hall–Kier alpha value is -6.64. The molecule has 53 heavy (non-hydrogen) atoms. The highest BCUT2D eigenvalue weighted by Crippen LogP contribution is 2.53. The fourth-order valence-electron chi connectivity index (χ4n) is 9.21. The van der Waals surface area contributed by atoms with Crippen LogP contribution in [0.25, 0.3) is 88.4 Å². The van der Waals surface area contributed by atoms with Gasteiger partial charge in [-0.05, 0) is 99.1 Å². The van der Waals surface area contributed by atoms with E-state index in [1.807, 2.05) is 0 Å². The molecular formula is C51H36N2. The number of hydrogen-bond acceptors (Lipinski definition) is 0. The van der Waals surface area contributed by atoms with Crippen molar-refractivity contribution in [2.24, 2.45) is 0 Å². The summed E-state index contributed by atoms with van der Waals surface area (Å²) in [4.78, 5) is 0. The Morgan fingerprint density at radius 3 is 1.57 bits per heavy atom. The Balaban J connectivity index is 1.04. The van der Waals surface area contributed by atoms with Crippen molar-refractivity contribution in [1.29, 1.82) is 0 Å². The number of hydrogen-bond donors (Lipinski definition) is 0. The molecule has 0 saturated heterocycles. The monoisotopic (exact) mass is 676 g/mol. The second-order valence-corrected chi connectivity index (χ2v) is 15.0. The first-order valence-electron chi connectivity index (χ1n) is 18.5. The fourth-order valence-corrected chi connectivity index (χ4v) is 9.21.